The van der Waals surface area contributed by atoms with Crippen molar-refractivity contribution in [2.75, 3.05) is 18.0 Å². The maximum Gasteiger partial charge on any atom is 0.349 e. The third-order valence-corrected chi connectivity index (χ3v) is 5.13. The average molecular weight is 362 g/mol. The molecular formula is C21H22N4O2. The Labute approximate surface area is 156 Å². The lowest BCUT2D eigenvalue weighted by atomic mass is 10.0. The fourth-order valence-corrected chi connectivity index (χ4v) is 3.64. The summed E-state index contributed by atoms with van der Waals surface area (Å²) in [5.41, 5.74) is 3.94. The van der Waals surface area contributed by atoms with Gasteiger partial charge in [0.15, 0.2) is 0 Å². The van der Waals surface area contributed by atoms with Crippen LogP contribution in [0.3, 0.4) is 0 Å². The summed E-state index contributed by atoms with van der Waals surface area (Å²) in [6, 6.07) is 11.2. The van der Waals surface area contributed by atoms with Gasteiger partial charge in [-0.05, 0) is 67.6 Å². The van der Waals surface area contributed by atoms with Crippen molar-refractivity contribution in [3.63, 3.8) is 0 Å². The SMILES string of the molecule is Cc1cc(N2CCCC2)c(C)cc1C=Nn1c(=O)[nH]c2ccccc2c1=O. The monoisotopic (exact) mass is 362 g/mol. The van der Waals surface area contributed by atoms with Gasteiger partial charge in [-0.3, -0.25) is 4.79 Å². The van der Waals surface area contributed by atoms with E-state index in [-0.39, 0.29) is 0 Å². The number of aromatic nitrogens is 2. The van der Waals surface area contributed by atoms with E-state index >= 15 is 0 Å². The van der Waals surface area contributed by atoms with Gasteiger partial charge in [-0.2, -0.15) is 5.10 Å². The van der Waals surface area contributed by atoms with Crippen LogP contribution in [0.4, 0.5) is 5.69 Å². The Morgan fingerprint density at radius 2 is 1.78 bits per heavy atom. The highest BCUT2D eigenvalue weighted by molar-refractivity contribution is 5.84. The summed E-state index contributed by atoms with van der Waals surface area (Å²) in [6.45, 7) is 6.29. The van der Waals surface area contributed by atoms with E-state index in [2.05, 4.69) is 34.0 Å². The number of H-pyrrole nitrogens is 1. The molecule has 4 rings (SSSR count). The van der Waals surface area contributed by atoms with E-state index in [1.807, 2.05) is 6.92 Å². The molecule has 3 aromatic rings. The van der Waals surface area contributed by atoms with E-state index in [1.165, 1.54) is 24.1 Å². The molecule has 1 aromatic heterocycles. The Balaban J connectivity index is 1.73. The van der Waals surface area contributed by atoms with Gasteiger partial charge in [-0.25, -0.2) is 4.79 Å². The molecule has 27 heavy (non-hydrogen) atoms. The van der Waals surface area contributed by atoms with Crippen LogP contribution in [0.25, 0.3) is 10.9 Å². The highest BCUT2D eigenvalue weighted by Crippen LogP contribution is 2.26. The number of fused-ring (bicyclic) bond motifs is 1. The third-order valence-electron chi connectivity index (χ3n) is 5.13. The summed E-state index contributed by atoms with van der Waals surface area (Å²) in [6.07, 6.45) is 4.05. The number of nitrogens with one attached hydrogen (secondary N) is 1. The van der Waals surface area contributed by atoms with Gasteiger partial charge in [0.25, 0.3) is 5.56 Å². The van der Waals surface area contributed by atoms with Gasteiger partial charge >= 0.3 is 5.69 Å². The highest BCUT2D eigenvalue weighted by Gasteiger charge is 2.15. The van der Waals surface area contributed by atoms with Crippen molar-refractivity contribution in [1.29, 1.82) is 0 Å². The van der Waals surface area contributed by atoms with Gasteiger partial charge < -0.3 is 9.88 Å². The zero-order chi connectivity index (χ0) is 19.0. The minimum Gasteiger partial charge on any atom is -0.371 e. The van der Waals surface area contributed by atoms with Crippen molar-refractivity contribution in [3.8, 4) is 0 Å². The summed E-state index contributed by atoms with van der Waals surface area (Å²) in [5, 5.41) is 4.61. The molecule has 0 saturated carbocycles. The molecule has 2 heterocycles. The van der Waals surface area contributed by atoms with E-state index in [4.69, 9.17) is 0 Å². The van der Waals surface area contributed by atoms with Gasteiger partial charge in [-0.15, -0.1) is 4.68 Å². The van der Waals surface area contributed by atoms with Crippen LogP contribution >= 0.6 is 0 Å². The Morgan fingerprint density at radius 1 is 1.04 bits per heavy atom. The number of hydrogen-bond donors (Lipinski definition) is 1. The Morgan fingerprint density at radius 3 is 2.56 bits per heavy atom. The second-order valence-corrected chi connectivity index (χ2v) is 7.03. The molecule has 0 spiro atoms. The second-order valence-electron chi connectivity index (χ2n) is 7.03. The van der Waals surface area contributed by atoms with Crippen LogP contribution in [0.2, 0.25) is 0 Å². The van der Waals surface area contributed by atoms with E-state index in [0.29, 0.717) is 10.9 Å². The first kappa shape index (κ1) is 17.3. The van der Waals surface area contributed by atoms with Gasteiger partial charge in [0.2, 0.25) is 0 Å². The quantitative estimate of drug-likeness (QED) is 0.729. The Bertz CT molecular complexity index is 1150. The van der Waals surface area contributed by atoms with Crippen molar-refractivity contribution in [2.24, 2.45) is 5.10 Å². The van der Waals surface area contributed by atoms with Crippen molar-refractivity contribution in [1.82, 2.24) is 9.66 Å². The van der Waals surface area contributed by atoms with Crippen LogP contribution < -0.4 is 16.1 Å². The van der Waals surface area contributed by atoms with Crippen molar-refractivity contribution in [2.45, 2.75) is 26.7 Å². The Kier molecular flexibility index (Phi) is 4.39. The molecule has 2 aromatic carbocycles. The zero-order valence-electron chi connectivity index (χ0n) is 15.5. The molecule has 0 atom stereocenters. The first-order valence-electron chi connectivity index (χ1n) is 9.19. The molecule has 0 aliphatic carbocycles. The van der Waals surface area contributed by atoms with Gasteiger partial charge in [0, 0.05) is 18.8 Å². The van der Waals surface area contributed by atoms with E-state index in [0.717, 1.165) is 28.9 Å². The number of anilines is 1. The molecule has 1 N–H and O–H groups in total. The van der Waals surface area contributed by atoms with Crippen LogP contribution in [-0.4, -0.2) is 29.0 Å². The zero-order valence-corrected chi connectivity index (χ0v) is 15.5. The van der Waals surface area contributed by atoms with Crippen molar-refractivity contribution < 1.29 is 0 Å². The van der Waals surface area contributed by atoms with E-state index < -0.39 is 11.2 Å². The fourth-order valence-electron chi connectivity index (χ4n) is 3.64. The lowest BCUT2D eigenvalue weighted by molar-refractivity contribution is 0.771. The summed E-state index contributed by atoms with van der Waals surface area (Å²) < 4.78 is 0.880. The summed E-state index contributed by atoms with van der Waals surface area (Å²) in [5.74, 6) is 0. The third kappa shape index (κ3) is 3.18. The fraction of sp³-hybridized carbons (Fsp3) is 0.286. The van der Waals surface area contributed by atoms with Crippen LogP contribution in [0.1, 0.15) is 29.5 Å². The molecule has 6 heteroatoms. The normalized spacial score (nSPS) is 14.5. The summed E-state index contributed by atoms with van der Waals surface area (Å²) >= 11 is 0. The number of hydrogen-bond acceptors (Lipinski definition) is 4. The second kappa shape index (κ2) is 6.87. The van der Waals surface area contributed by atoms with E-state index in [9.17, 15) is 9.59 Å². The first-order valence-corrected chi connectivity index (χ1v) is 9.19. The molecule has 0 amide bonds. The topological polar surface area (TPSA) is 70.5 Å². The number of nitrogens with zero attached hydrogens (tertiary/aromatic N) is 3. The highest BCUT2D eigenvalue weighted by atomic mass is 16.2. The van der Waals surface area contributed by atoms with Crippen LogP contribution in [0.15, 0.2) is 51.1 Å². The standard InChI is InChI=1S/C21H22N4O2/c1-14-12-19(24-9-5-6-10-24)15(2)11-16(14)13-22-25-20(26)17-7-3-4-8-18(17)23-21(25)27/h3-4,7-8,11-13H,5-6,9-10H2,1-2H3,(H,23,27). The predicted octanol–water partition coefficient (Wildman–Crippen LogP) is 2.79. The average Bonchev–Trinajstić information content (AvgIpc) is 3.18. The smallest absolute Gasteiger partial charge is 0.349 e. The van der Waals surface area contributed by atoms with Crippen LogP contribution in [0.5, 0.6) is 0 Å². The molecule has 0 unspecified atom stereocenters. The summed E-state index contributed by atoms with van der Waals surface area (Å²) in [7, 11) is 0. The lowest BCUT2D eigenvalue weighted by Crippen LogP contribution is -2.32. The molecule has 1 saturated heterocycles. The van der Waals surface area contributed by atoms with Crippen molar-refractivity contribution >= 4 is 22.8 Å². The number of para-hydroxylation sites is 1. The largest absolute Gasteiger partial charge is 0.371 e. The summed E-state index contributed by atoms with van der Waals surface area (Å²) in [4.78, 5) is 29.9. The van der Waals surface area contributed by atoms with Gasteiger partial charge in [0.1, 0.15) is 0 Å². The maximum atomic E-state index is 12.6. The molecule has 0 bridgehead atoms. The van der Waals surface area contributed by atoms with Crippen LogP contribution in [0, 0.1) is 13.8 Å². The molecular weight excluding hydrogens is 340 g/mol. The molecule has 1 aliphatic heterocycles. The molecule has 6 nitrogen and oxygen atoms in total. The predicted molar refractivity (Wildman–Crippen MR) is 109 cm³/mol. The van der Waals surface area contributed by atoms with Gasteiger partial charge in [0.05, 0.1) is 17.1 Å². The number of benzene rings is 2. The number of aromatic amines is 1. The minimum atomic E-state index is -0.544. The van der Waals surface area contributed by atoms with E-state index in [1.54, 1.807) is 30.5 Å². The Hall–Kier alpha value is -3.15. The van der Waals surface area contributed by atoms with Crippen LogP contribution in [-0.2, 0) is 0 Å². The molecule has 0 radical (unpaired) electrons. The number of aryl methyl sites for hydroxylation is 2. The van der Waals surface area contributed by atoms with Gasteiger partial charge in [-0.1, -0.05) is 12.1 Å². The first-order chi connectivity index (χ1) is 13.0. The minimum absolute atomic E-state index is 0.423. The van der Waals surface area contributed by atoms with Crippen molar-refractivity contribution in [3.05, 3.63) is 73.9 Å². The maximum absolute atomic E-state index is 12.6. The molecule has 1 fully saturated rings. The number of rotatable bonds is 3. The lowest BCUT2D eigenvalue weighted by Gasteiger charge is -2.21. The molecule has 138 valence electrons. The molecule has 1 aliphatic rings.